The van der Waals surface area contributed by atoms with E-state index in [1.54, 1.807) is 0 Å². The molecule has 1 N–H and O–H groups in total. The fourth-order valence-corrected chi connectivity index (χ4v) is 4.46. The van der Waals surface area contributed by atoms with Crippen LogP contribution in [0.15, 0.2) is 23.8 Å². The van der Waals surface area contributed by atoms with Crippen molar-refractivity contribution in [3.8, 4) is 0 Å². The van der Waals surface area contributed by atoms with E-state index in [4.69, 9.17) is 35.0 Å². The summed E-state index contributed by atoms with van der Waals surface area (Å²) in [7, 11) is -4.27. The van der Waals surface area contributed by atoms with Crippen LogP contribution in [-0.2, 0) is 20.8 Å². The highest BCUT2D eigenvalue weighted by Gasteiger charge is 2.58. The molecule has 2 rings (SSSR count). The van der Waals surface area contributed by atoms with Gasteiger partial charge in [-0.2, -0.15) is 13.2 Å². The summed E-state index contributed by atoms with van der Waals surface area (Å²) in [5.74, 6) is -2.82. The molecule has 1 aliphatic heterocycles. The molecule has 0 saturated heterocycles. The SMILES string of the molecule is CCC(=O)NC1=C(F)C(C)(S(C)(=O)=O)N(Cl)N1c1c(Cl)cc(C(F)(F)F)cc1Cl. The van der Waals surface area contributed by atoms with Gasteiger partial charge >= 0.3 is 6.18 Å². The number of halogens is 7. The van der Waals surface area contributed by atoms with Gasteiger partial charge in [0.25, 0.3) is 0 Å². The molecule has 0 bridgehead atoms. The Morgan fingerprint density at radius 2 is 1.72 bits per heavy atom. The minimum Gasteiger partial charge on any atom is -0.309 e. The summed E-state index contributed by atoms with van der Waals surface area (Å²) in [4.78, 5) is 9.35. The van der Waals surface area contributed by atoms with Crippen molar-refractivity contribution in [1.82, 2.24) is 9.84 Å². The Bertz CT molecular complexity index is 977. The molecule has 6 nitrogen and oxygen atoms in total. The number of sulfone groups is 1. The Morgan fingerprint density at radius 3 is 2.10 bits per heavy atom. The Hall–Kier alpha value is -1.27. The van der Waals surface area contributed by atoms with Gasteiger partial charge in [-0.1, -0.05) is 34.7 Å². The Balaban J connectivity index is 2.78. The van der Waals surface area contributed by atoms with Crippen LogP contribution in [0.2, 0.25) is 10.0 Å². The fraction of sp³-hybridized carbons (Fsp3) is 0.400. The summed E-state index contributed by atoms with van der Waals surface area (Å²) in [5, 5.41) is 1.54. The number of hydrogen-bond acceptors (Lipinski definition) is 5. The van der Waals surface area contributed by atoms with Crippen LogP contribution < -0.4 is 10.3 Å². The van der Waals surface area contributed by atoms with Gasteiger partial charge in [-0.05, 0) is 19.1 Å². The van der Waals surface area contributed by atoms with Crippen LogP contribution in [0.5, 0.6) is 0 Å². The van der Waals surface area contributed by atoms with Crippen molar-refractivity contribution in [2.75, 3.05) is 11.3 Å². The minimum absolute atomic E-state index is 0.114. The van der Waals surface area contributed by atoms with Crippen LogP contribution in [0.4, 0.5) is 23.2 Å². The minimum atomic E-state index is -4.78. The first-order chi connectivity index (χ1) is 13.1. The first kappa shape index (κ1) is 24.0. The molecule has 0 fully saturated rings. The lowest BCUT2D eigenvalue weighted by Gasteiger charge is -2.34. The molecule has 29 heavy (non-hydrogen) atoms. The summed E-state index contributed by atoms with van der Waals surface area (Å²) >= 11 is 18.0. The molecular weight excluding hydrogens is 485 g/mol. The molecule has 1 amide bonds. The molecular formula is C15H14Cl3F4N3O3S. The van der Waals surface area contributed by atoms with Crippen molar-refractivity contribution >= 4 is 56.4 Å². The topological polar surface area (TPSA) is 69.7 Å². The number of benzene rings is 1. The van der Waals surface area contributed by atoms with E-state index in [1.165, 1.54) is 6.92 Å². The van der Waals surface area contributed by atoms with E-state index in [9.17, 15) is 26.4 Å². The number of hydrazine groups is 1. The molecule has 1 heterocycles. The number of hydrogen-bond donors (Lipinski definition) is 1. The van der Waals surface area contributed by atoms with Crippen molar-refractivity contribution in [2.45, 2.75) is 31.3 Å². The second-order valence-corrected chi connectivity index (χ2v) is 9.65. The van der Waals surface area contributed by atoms with Crippen LogP contribution in [0, 0.1) is 0 Å². The number of carbonyl (C=O) groups is 1. The maximum Gasteiger partial charge on any atom is 0.416 e. The largest absolute Gasteiger partial charge is 0.416 e. The van der Waals surface area contributed by atoms with Crippen LogP contribution in [0.1, 0.15) is 25.8 Å². The first-order valence-electron chi connectivity index (χ1n) is 7.79. The molecule has 0 radical (unpaired) electrons. The van der Waals surface area contributed by atoms with Crippen molar-refractivity contribution in [2.24, 2.45) is 0 Å². The van der Waals surface area contributed by atoms with Crippen LogP contribution in [-0.4, -0.2) is 30.0 Å². The zero-order chi connectivity index (χ0) is 22.5. The molecule has 0 saturated carbocycles. The van der Waals surface area contributed by atoms with Gasteiger partial charge in [0.1, 0.15) is 0 Å². The fourth-order valence-electron chi connectivity index (χ4n) is 2.43. The van der Waals surface area contributed by atoms with Gasteiger partial charge in [-0.15, -0.1) is 0 Å². The Kier molecular flexibility index (Phi) is 6.43. The first-order valence-corrected chi connectivity index (χ1v) is 10.8. The van der Waals surface area contributed by atoms with Crippen LogP contribution >= 0.6 is 35.0 Å². The molecule has 0 aromatic heterocycles. The molecule has 162 valence electrons. The van der Waals surface area contributed by atoms with E-state index >= 15 is 4.39 Å². The highest BCUT2D eigenvalue weighted by molar-refractivity contribution is 7.92. The number of carbonyl (C=O) groups excluding carboxylic acids is 1. The third-order valence-electron chi connectivity index (χ3n) is 4.21. The second kappa shape index (κ2) is 7.77. The second-order valence-electron chi connectivity index (χ2n) is 6.18. The molecule has 0 spiro atoms. The van der Waals surface area contributed by atoms with E-state index in [-0.39, 0.29) is 6.42 Å². The molecule has 1 aromatic carbocycles. The third kappa shape index (κ3) is 4.02. The normalized spacial score (nSPS) is 21.1. The maximum atomic E-state index is 15.2. The lowest BCUT2D eigenvalue weighted by molar-refractivity contribution is -0.137. The van der Waals surface area contributed by atoms with Gasteiger partial charge in [-0.25, -0.2) is 17.8 Å². The van der Waals surface area contributed by atoms with Crippen LogP contribution in [0.25, 0.3) is 0 Å². The van der Waals surface area contributed by atoms with Gasteiger partial charge in [0.05, 0.1) is 21.3 Å². The Labute approximate surface area is 179 Å². The van der Waals surface area contributed by atoms with E-state index < -0.39 is 59.7 Å². The predicted octanol–water partition coefficient (Wildman–Crippen LogP) is 4.63. The molecule has 0 aliphatic carbocycles. The zero-order valence-electron chi connectivity index (χ0n) is 15.0. The van der Waals surface area contributed by atoms with Crippen LogP contribution in [0.3, 0.4) is 0 Å². The highest BCUT2D eigenvalue weighted by Crippen LogP contribution is 2.49. The molecule has 1 aromatic rings. The molecule has 14 heteroatoms. The number of rotatable bonds is 4. The summed E-state index contributed by atoms with van der Waals surface area (Å²) in [6, 6.07) is 1.03. The lowest BCUT2D eigenvalue weighted by Crippen LogP contribution is -2.50. The van der Waals surface area contributed by atoms with Crippen molar-refractivity contribution in [3.63, 3.8) is 0 Å². The quantitative estimate of drug-likeness (QED) is 0.484. The van der Waals surface area contributed by atoms with Gasteiger partial charge in [0.15, 0.2) is 21.5 Å². The number of nitrogens with zero attached hydrogens (tertiary/aromatic N) is 2. The summed E-state index contributed by atoms with van der Waals surface area (Å²) in [6.45, 7) is 2.36. The highest BCUT2D eigenvalue weighted by atomic mass is 35.5. The smallest absolute Gasteiger partial charge is 0.309 e. The molecule has 1 atom stereocenters. The van der Waals surface area contributed by atoms with Crippen molar-refractivity contribution in [1.29, 1.82) is 0 Å². The number of alkyl halides is 3. The number of nitrogens with one attached hydrogen (secondary N) is 1. The van der Waals surface area contributed by atoms with Crippen molar-refractivity contribution in [3.05, 3.63) is 39.4 Å². The summed E-state index contributed by atoms with van der Waals surface area (Å²) < 4.78 is 79.1. The average Bonchev–Trinajstić information content (AvgIpc) is 2.76. The summed E-state index contributed by atoms with van der Waals surface area (Å²) in [6.07, 6.45) is -4.20. The van der Waals surface area contributed by atoms with E-state index in [0.29, 0.717) is 27.9 Å². The third-order valence-corrected chi connectivity index (χ3v) is 7.17. The Morgan fingerprint density at radius 1 is 1.24 bits per heavy atom. The average molecular weight is 499 g/mol. The van der Waals surface area contributed by atoms with Gasteiger partial charge < -0.3 is 5.32 Å². The molecule has 1 unspecified atom stereocenters. The van der Waals surface area contributed by atoms with E-state index in [1.807, 2.05) is 0 Å². The zero-order valence-corrected chi connectivity index (χ0v) is 18.1. The van der Waals surface area contributed by atoms with E-state index in [0.717, 1.165) is 6.92 Å². The predicted molar refractivity (Wildman–Crippen MR) is 101 cm³/mol. The maximum absolute atomic E-state index is 15.2. The molecule has 1 aliphatic rings. The van der Waals surface area contributed by atoms with Gasteiger partial charge in [0, 0.05) is 24.5 Å². The monoisotopic (exact) mass is 497 g/mol. The standard InChI is InChI=1S/C15H14Cl3F4N3O3S/c1-4-10(26)23-13-12(19)14(2,29(3,27)28)25(18)24(13)11-8(16)5-7(6-9(11)17)15(20,21)22/h5-6H,4H2,1-3H3,(H,23,26). The van der Waals surface area contributed by atoms with Crippen molar-refractivity contribution < 1.29 is 30.8 Å². The number of amides is 1. The van der Waals surface area contributed by atoms with Gasteiger partial charge in [-0.3, -0.25) is 4.79 Å². The number of anilines is 1. The summed E-state index contributed by atoms with van der Waals surface area (Å²) in [5.41, 5.74) is -1.64. The lowest BCUT2D eigenvalue weighted by atomic mass is 10.2. The van der Waals surface area contributed by atoms with E-state index in [2.05, 4.69) is 5.32 Å². The van der Waals surface area contributed by atoms with Gasteiger partial charge in [0.2, 0.25) is 10.8 Å².